The number of hydrogen-bond acceptors (Lipinski definition) is 4. The molecule has 1 aliphatic rings. The van der Waals surface area contributed by atoms with Crippen molar-refractivity contribution in [2.75, 3.05) is 26.7 Å². The van der Waals surface area contributed by atoms with Crippen LogP contribution in [0, 0.1) is 0 Å². The van der Waals surface area contributed by atoms with E-state index in [0.717, 1.165) is 25.9 Å². The summed E-state index contributed by atoms with van der Waals surface area (Å²) in [6.07, 6.45) is 7.05. The largest absolute Gasteiger partial charge is 0.358 e. The van der Waals surface area contributed by atoms with Gasteiger partial charge in [-0.2, -0.15) is 0 Å². The maximum Gasteiger partial charge on any atom is 0.315 e. The predicted octanol–water partition coefficient (Wildman–Crippen LogP) is -0.219. The van der Waals surface area contributed by atoms with Gasteiger partial charge >= 0.3 is 6.03 Å². The smallest absolute Gasteiger partial charge is 0.315 e. The van der Waals surface area contributed by atoms with Crippen molar-refractivity contribution in [1.29, 1.82) is 0 Å². The minimum Gasteiger partial charge on any atom is -0.358 e. The minimum atomic E-state index is -0.137. The van der Waals surface area contributed by atoms with E-state index in [1.807, 2.05) is 17.7 Å². The third-order valence-electron chi connectivity index (χ3n) is 3.99. The zero-order chi connectivity index (χ0) is 16.7. The number of likely N-dealkylation sites (N-methyl/N-ethyl adjacent to an activating group) is 1. The van der Waals surface area contributed by atoms with Gasteiger partial charge in [-0.3, -0.25) is 9.69 Å². The predicted molar refractivity (Wildman–Crippen MR) is 86.9 cm³/mol. The molecule has 1 aliphatic heterocycles. The van der Waals surface area contributed by atoms with Crippen molar-refractivity contribution in [3.8, 4) is 0 Å². The minimum absolute atomic E-state index is 0.0255. The van der Waals surface area contributed by atoms with Gasteiger partial charge in [0.2, 0.25) is 5.91 Å². The van der Waals surface area contributed by atoms with Crippen molar-refractivity contribution < 1.29 is 9.59 Å². The number of urea groups is 1. The van der Waals surface area contributed by atoms with E-state index in [9.17, 15) is 9.59 Å². The Morgan fingerprint density at radius 1 is 1.35 bits per heavy atom. The topological polar surface area (TPSA) is 91.3 Å². The first-order chi connectivity index (χ1) is 11.1. The van der Waals surface area contributed by atoms with Gasteiger partial charge in [-0.25, -0.2) is 9.78 Å². The molecule has 0 saturated carbocycles. The number of carbonyl (C=O) groups is 2. The Bertz CT molecular complexity index is 496. The van der Waals surface area contributed by atoms with Gasteiger partial charge in [0.25, 0.3) is 0 Å². The first-order valence-electron chi connectivity index (χ1n) is 8.02. The van der Waals surface area contributed by atoms with E-state index in [0.29, 0.717) is 13.1 Å². The van der Waals surface area contributed by atoms with Crippen molar-refractivity contribution in [2.45, 2.75) is 38.4 Å². The lowest BCUT2D eigenvalue weighted by Gasteiger charge is -2.32. The fraction of sp³-hybridized carbons (Fsp3) is 0.667. The molecule has 2 heterocycles. The number of carbonyl (C=O) groups excluding carboxylic acids is 2. The van der Waals surface area contributed by atoms with Crippen LogP contribution in [0.3, 0.4) is 0 Å². The highest BCUT2D eigenvalue weighted by Crippen LogP contribution is 2.09. The number of amides is 3. The highest BCUT2D eigenvalue weighted by atomic mass is 16.2. The molecule has 8 nitrogen and oxygen atoms in total. The van der Waals surface area contributed by atoms with Crippen LogP contribution in [0.25, 0.3) is 0 Å². The second-order valence-electron chi connectivity index (χ2n) is 6.00. The summed E-state index contributed by atoms with van der Waals surface area (Å²) in [4.78, 5) is 29.5. The summed E-state index contributed by atoms with van der Waals surface area (Å²) >= 11 is 0. The van der Waals surface area contributed by atoms with Gasteiger partial charge in [-0.1, -0.05) is 0 Å². The number of hydrogen-bond donors (Lipinski definition) is 3. The van der Waals surface area contributed by atoms with E-state index < -0.39 is 0 Å². The second-order valence-corrected chi connectivity index (χ2v) is 6.00. The molecule has 1 fully saturated rings. The molecule has 1 saturated heterocycles. The van der Waals surface area contributed by atoms with Gasteiger partial charge < -0.3 is 20.5 Å². The Morgan fingerprint density at radius 3 is 2.70 bits per heavy atom. The van der Waals surface area contributed by atoms with Gasteiger partial charge in [0, 0.05) is 51.2 Å². The van der Waals surface area contributed by atoms with Crippen LogP contribution in [0.5, 0.6) is 0 Å². The Labute approximate surface area is 136 Å². The maximum absolute atomic E-state index is 12.0. The molecule has 1 atom stereocenters. The summed E-state index contributed by atoms with van der Waals surface area (Å²) in [7, 11) is 1.64. The maximum atomic E-state index is 12.0. The Balaban J connectivity index is 1.65. The van der Waals surface area contributed by atoms with Crippen LogP contribution in [0.2, 0.25) is 0 Å². The van der Waals surface area contributed by atoms with Crippen LogP contribution < -0.4 is 16.0 Å². The monoisotopic (exact) mass is 322 g/mol. The lowest BCUT2D eigenvalue weighted by Crippen LogP contribution is -2.51. The van der Waals surface area contributed by atoms with E-state index in [1.165, 1.54) is 0 Å². The summed E-state index contributed by atoms with van der Waals surface area (Å²) in [6, 6.07) is 0.0521. The second kappa shape index (κ2) is 8.52. The first-order valence-corrected chi connectivity index (χ1v) is 8.02. The van der Waals surface area contributed by atoms with Crippen LogP contribution in [0.4, 0.5) is 4.79 Å². The van der Waals surface area contributed by atoms with Crippen LogP contribution in [-0.2, 0) is 11.3 Å². The van der Waals surface area contributed by atoms with Crippen molar-refractivity contribution in [3.05, 3.63) is 18.7 Å². The Morgan fingerprint density at radius 2 is 2.09 bits per heavy atom. The summed E-state index contributed by atoms with van der Waals surface area (Å²) < 4.78 is 1.93. The summed E-state index contributed by atoms with van der Waals surface area (Å²) in [6.45, 7) is 4.73. The summed E-state index contributed by atoms with van der Waals surface area (Å²) in [5.41, 5.74) is 0. The van der Waals surface area contributed by atoms with Gasteiger partial charge in [0.1, 0.15) is 0 Å². The molecule has 0 aromatic carbocycles. The standard InChI is InChI=1S/C15H26N6O2/c1-12(9-21-8-5-17-11-21)18-15(23)19-13-3-6-20(7-4-13)10-14(22)16-2/h5,8,11-13H,3-4,6-7,9-10H2,1-2H3,(H,16,22)(H2,18,19,23)/t12-/m1/s1. The van der Waals surface area contributed by atoms with Gasteiger partial charge in [-0.15, -0.1) is 0 Å². The fourth-order valence-corrected chi connectivity index (χ4v) is 2.73. The summed E-state index contributed by atoms with van der Waals surface area (Å²) in [5.74, 6) is 0.0301. The quantitative estimate of drug-likeness (QED) is 0.675. The van der Waals surface area contributed by atoms with E-state index in [4.69, 9.17) is 0 Å². The van der Waals surface area contributed by atoms with E-state index in [-0.39, 0.29) is 24.0 Å². The lowest BCUT2D eigenvalue weighted by molar-refractivity contribution is -0.122. The van der Waals surface area contributed by atoms with Crippen molar-refractivity contribution >= 4 is 11.9 Å². The number of aromatic nitrogens is 2. The number of nitrogens with zero attached hydrogens (tertiary/aromatic N) is 3. The van der Waals surface area contributed by atoms with Gasteiger partial charge in [-0.05, 0) is 19.8 Å². The lowest BCUT2D eigenvalue weighted by atomic mass is 10.1. The zero-order valence-corrected chi connectivity index (χ0v) is 13.8. The normalized spacial score (nSPS) is 17.5. The number of imidazole rings is 1. The average Bonchev–Trinajstić information content (AvgIpc) is 3.01. The molecule has 1 aromatic rings. The molecular formula is C15H26N6O2. The van der Waals surface area contributed by atoms with Crippen LogP contribution >= 0.6 is 0 Å². The molecule has 3 N–H and O–H groups in total. The van der Waals surface area contributed by atoms with Crippen molar-refractivity contribution in [1.82, 2.24) is 30.4 Å². The molecular weight excluding hydrogens is 296 g/mol. The first kappa shape index (κ1) is 17.3. The number of likely N-dealkylation sites (tertiary alicyclic amines) is 1. The van der Waals surface area contributed by atoms with Crippen LogP contribution in [-0.4, -0.2) is 65.2 Å². The fourth-order valence-electron chi connectivity index (χ4n) is 2.73. The molecule has 0 unspecified atom stereocenters. The molecule has 0 spiro atoms. The third-order valence-corrected chi connectivity index (χ3v) is 3.99. The molecule has 3 amide bonds. The van der Waals surface area contributed by atoms with E-state index >= 15 is 0 Å². The SMILES string of the molecule is CNC(=O)CN1CCC(NC(=O)N[C@H](C)Cn2ccnc2)CC1. The average molecular weight is 322 g/mol. The Kier molecular flexibility index (Phi) is 6.40. The molecule has 2 rings (SSSR count). The van der Waals surface area contributed by atoms with Crippen LogP contribution in [0.15, 0.2) is 18.7 Å². The molecule has 0 aliphatic carbocycles. The van der Waals surface area contributed by atoms with E-state index in [2.05, 4.69) is 25.8 Å². The number of piperidine rings is 1. The number of nitrogens with one attached hydrogen (secondary N) is 3. The summed E-state index contributed by atoms with van der Waals surface area (Å²) in [5, 5.41) is 8.59. The van der Waals surface area contributed by atoms with Gasteiger partial charge in [0.05, 0.1) is 12.9 Å². The molecule has 0 radical (unpaired) electrons. The molecule has 1 aromatic heterocycles. The molecule has 8 heteroatoms. The molecule has 0 bridgehead atoms. The highest BCUT2D eigenvalue weighted by Gasteiger charge is 2.22. The van der Waals surface area contributed by atoms with Crippen molar-refractivity contribution in [2.24, 2.45) is 0 Å². The molecule has 23 heavy (non-hydrogen) atoms. The van der Waals surface area contributed by atoms with E-state index in [1.54, 1.807) is 19.6 Å². The van der Waals surface area contributed by atoms with Gasteiger partial charge in [0.15, 0.2) is 0 Å². The Hall–Kier alpha value is -2.09. The molecule has 128 valence electrons. The van der Waals surface area contributed by atoms with Crippen LogP contribution in [0.1, 0.15) is 19.8 Å². The number of rotatable bonds is 6. The van der Waals surface area contributed by atoms with Crippen molar-refractivity contribution in [3.63, 3.8) is 0 Å². The third kappa shape index (κ3) is 5.90. The zero-order valence-electron chi connectivity index (χ0n) is 13.8. The highest BCUT2D eigenvalue weighted by molar-refractivity contribution is 5.77.